The molecule has 1 heterocycles. The summed E-state index contributed by atoms with van der Waals surface area (Å²) < 4.78 is 1.97. The lowest BCUT2D eigenvalue weighted by atomic mass is 9.91. The second-order valence-electron chi connectivity index (χ2n) is 5.15. The molecule has 0 saturated carbocycles. The van der Waals surface area contributed by atoms with Crippen LogP contribution in [0, 0.1) is 11.8 Å². The third kappa shape index (κ3) is 3.59. The Balaban J connectivity index is 2.76. The van der Waals surface area contributed by atoms with Crippen LogP contribution in [-0.2, 0) is 11.2 Å². The van der Waals surface area contributed by atoms with Gasteiger partial charge in [-0.25, -0.2) is 0 Å². The Bertz CT molecular complexity index is 381. The number of aromatic nitrogens is 2. The van der Waals surface area contributed by atoms with E-state index >= 15 is 0 Å². The van der Waals surface area contributed by atoms with Gasteiger partial charge in [0.1, 0.15) is 0 Å². The molecular formula is C14H24N2O2. The highest BCUT2D eigenvalue weighted by Crippen LogP contribution is 2.19. The van der Waals surface area contributed by atoms with E-state index in [1.54, 1.807) is 0 Å². The van der Waals surface area contributed by atoms with Crippen molar-refractivity contribution in [2.45, 2.75) is 53.0 Å². The molecule has 0 saturated heterocycles. The smallest absolute Gasteiger partial charge is 0.307 e. The molecule has 0 radical (unpaired) electrons. The lowest BCUT2D eigenvalue weighted by Crippen LogP contribution is -2.22. The van der Waals surface area contributed by atoms with Gasteiger partial charge in [-0.05, 0) is 24.8 Å². The molecule has 1 aromatic rings. The first kappa shape index (κ1) is 14.7. The van der Waals surface area contributed by atoms with Gasteiger partial charge in [-0.15, -0.1) is 0 Å². The molecule has 0 aliphatic rings. The number of nitrogens with zero attached hydrogens (tertiary/aromatic N) is 2. The second-order valence-corrected chi connectivity index (χ2v) is 5.15. The minimum absolute atomic E-state index is 0.126. The normalized spacial score (nSPS) is 13.2. The summed E-state index contributed by atoms with van der Waals surface area (Å²) in [6, 6.07) is 2.36. The van der Waals surface area contributed by atoms with Gasteiger partial charge >= 0.3 is 5.97 Å². The summed E-state index contributed by atoms with van der Waals surface area (Å²) in [5.41, 5.74) is 0.878. The molecule has 0 spiro atoms. The van der Waals surface area contributed by atoms with Crippen LogP contribution in [0.4, 0.5) is 0 Å². The third-order valence-electron chi connectivity index (χ3n) is 3.53. The molecule has 102 valence electrons. The monoisotopic (exact) mass is 252 g/mol. The third-order valence-corrected chi connectivity index (χ3v) is 3.53. The van der Waals surface area contributed by atoms with E-state index in [-0.39, 0.29) is 11.8 Å². The van der Waals surface area contributed by atoms with Crippen molar-refractivity contribution in [3.63, 3.8) is 0 Å². The molecule has 1 atom stereocenters. The predicted molar refractivity (Wildman–Crippen MR) is 71.5 cm³/mol. The van der Waals surface area contributed by atoms with E-state index in [4.69, 9.17) is 0 Å². The molecule has 0 aliphatic heterocycles. The Morgan fingerprint density at radius 2 is 2.00 bits per heavy atom. The van der Waals surface area contributed by atoms with E-state index in [1.807, 2.05) is 30.8 Å². The van der Waals surface area contributed by atoms with E-state index < -0.39 is 5.97 Å². The lowest BCUT2D eigenvalue weighted by molar-refractivity contribution is -0.143. The molecule has 0 aliphatic carbocycles. The summed E-state index contributed by atoms with van der Waals surface area (Å²) in [6.45, 7) is 8.17. The van der Waals surface area contributed by atoms with E-state index in [1.165, 1.54) is 0 Å². The summed E-state index contributed by atoms with van der Waals surface area (Å²) in [4.78, 5) is 11.2. The van der Waals surface area contributed by atoms with Crippen LogP contribution in [0.15, 0.2) is 12.3 Å². The molecular weight excluding hydrogens is 228 g/mol. The summed E-state index contributed by atoms with van der Waals surface area (Å²) in [5, 5.41) is 13.7. The fraction of sp³-hybridized carbons (Fsp3) is 0.714. The quantitative estimate of drug-likeness (QED) is 0.811. The summed E-state index contributed by atoms with van der Waals surface area (Å²) in [5.74, 6) is -0.960. The average molecular weight is 252 g/mol. The number of aliphatic carboxylic acids is 1. The zero-order valence-corrected chi connectivity index (χ0v) is 11.8. The number of hydrogen-bond acceptors (Lipinski definition) is 2. The van der Waals surface area contributed by atoms with Crippen LogP contribution >= 0.6 is 0 Å². The number of carboxylic acids is 1. The molecule has 1 aromatic heterocycles. The Kier molecular flexibility index (Phi) is 5.38. The van der Waals surface area contributed by atoms with Crippen LogP contribution in [0.5, 0.6) is 0 Å². The SMILES string of the molecule is CCC(CC)n1ccc(CC(C(=O)O)C(C)C)n1. The van der Waals surface area contributed by atoms with Gasteiger partial charge in [0.15, 0.2) is 0 Å². The van der Waals surface area contributed by atoms with Crippen molar-refractivity contribution in [1.29, 1.82) is 0 Å². The van der Waals surface area contributed by atoms with Gasteiger partial charge in [0.05, 0.1) is 17.7 Å². The maximum atomic E-state index is 11.2. The average Bonchev–Trinajstić information content (AvgIpc) is 2.75. The Hall–Kier alpha value is -1.32. The van der Waals surface area contributed by atoms with Gasteiger partial charge in [-0.2, -0.15) is 5.10 Å². The molecule has 1 rings (SSSR count). The van der Waals surface area contributed by atoms with E-state index in [9.17, 15) is 9.90 Å². The molecule has 0 fully saturated rings. The van der Waals surface area contributed by atoms with Crippen LogP contribution in [0.1, 0.15) is 52.3 Å². The van der Waals surface area contributed by atoms with Crippen molar-refractivity contribution in [2.75, 3.05) is 0 Å². The standard InChI is InChI=1S/C14H24N2O2/c1-5-12(6-2)16-8-7-11(15-16)9-13(10(3)4)14(17)18/h7-8,10,12-13H,5-6,9H2,1-4H3,(H,17,18). The largest absolute Gasteiger partial charge is 0.481 e. The number of rotatable bonds is 7. The van der Waals surface area contributed by atoms with Crippen molar-refractivity contribution in [3.05, 3.63) is 18.0 Å². The fourth-order valence-electron chi connectivity index (χ4n) is 2.19. The maximum absolute atomic E-state index is 11.2. The van der Waals surface area contributed by atoms with Crippen LogP contribution in [0.25, 0.3) is 0 Å². The molecule has 4 nitrogen and oxygen atoms in total. The fourth-order valence-corrected chi connectivity index (χ4v) is 2.19. The Morgan fingerprint density at radius 1 is 1.39 bits per heavy atom. The Labute approximate surface area is 109 Å². The molecule has 18 heavy (non-hydrogen) atoms. The van der Waals surface area contributed by atoms with E-state index in [2.05, 4.69) is 18.9 Å². The van der Waals surface area contributed by atoms with E-state index in [0.717, 1.165) is 18.5 Å². The first-order chi connectivity index (χ1) is 8.49. The van der Waals surface area contributed by atoms with Gasteiger partial charge in [0.2, 0.25) is 0 Å². The van der Waals surface area contributed by atoms with Gasteiger partial charge in [0.25, 0.3) is 0 Å². The highest BCUT2D eigenvalue weighted by Gasteiger charge is 2.23. The minimum Gasteiger partial charge on any atom is -0.481 e. The molecule has 1 N–H and O–H groups in total. The molecule has 0 amide bonds. The summed E-state index contributed by atoms with van der Waals surface area (Å²) in [7, 11) is 0. The summed E-state index contributed by atoms with van der Waals surface area (Å²) >= 11 is 0. The zero-order chi connectivity index (χ0) is 13.7. The molecule has 0 aromatic carbocycles. The van der Waals surface area contributed by atoms with Crippen molar-refractivity contribution in [3.8, 4) is 0 Å². The number of carbonyl (C=O) groups is 1. The first-order valence-electron chi connectivity index (χ1n) is 6.76. The molecule has 1 unspecified atom stereocenters. The Morgan fingerprint density at radius 3 is 2.44 bits per heavy atom. The highest BCUT2D eigenvalue weighted by molar-refractivity contribution is 5.70. The van der Waals surface area contributed by atoms with Crippen LogP contribution < -0.4 is 0 Å². The van der Waals surface area contributed by atoms with Crippen LogP contribution in [0.3, 0.4) is 0 Å². The number of hydrogen-bond donors (Lipinski definition) is 1. The molecule has 0 bridgehead atoms. The summed E-state index contributed by atoms with van der Waals surface area (Å²) in [6.07, 6.45) is 4.57. The van der Waals surface area contributed by atoms with Gasteiger partial charge in [0, 0.05) is 12.6 Å². The number of carboxylic acid groups (broad SMARTS) is 1. The first-order valence-corrected chi connectivity index (χ1v) is 6.76. The van der Waals surface area contributed by atoms with Gasteiger partial charge < -0.3 is 5.11 Å². The van der Waals surface area contributed by atoms with Gasteiger partial charge in [-0.1, -0.05) is 27.7 Å². The van der Waals surface area contributed by atoms with E-state index in [0.29, 0.717) is 12.5 Å². The van der Waals surface area contributed by atoms with Gasteiger partial charge in [-0.3, -0.25) is 9.48 Å². The lowest BCUT2D eigenvalue weighted by Gasteiger charge is -2.15. The topological polar surface area (TPSA) is 55.1 Å². The zero-order valence-electron chi connectivity index (χ0n) is 11.8. The molecule has 4 heteroatoms. The maximum Gasteiger partial charge on any atom is 0.307 e. The predicted octanol–water partition coefficient (Wildman–Crippen LogP) is 3.14. The van der Waals surface area contributed by atoms with Crippen molar-refractivity contribution < 1.29 is 9.90 Å². The van der Waals surface area contributed by atoms with Crippen LogP contribution in [0.2, 0.25) is 0 Å². The van der Waals surface area contributed by atoms with Crippen LogP contribution in [-0.4, -0.2) is 20.9 Å². The van der Waals surface area contributed by atoms with Crippen molar-refractivity contribution >= 4 is 5.97 Å². The highest BCUT2D eigenvalue weighted by atomic mass is 16.4. The van der Waals surface area contributed by atoms with Crippen molar-refractivity contribution in [2.24, 2.45) is 11.8 Å². The minimum atomic E-state index is -0.734. The second kappa shape index (κ2) is 6.57. The van der Waals surface area contributed by atoms with Crippen molar-refractivity contribution in [1.82, 2.24) is 9.78 Å².